The lowest BCUT2D eigenvalue weighted by Gasteiger charge is -1.86. The average molecular weight is 124 g/mol. The Morgan fingerprint density at radius 2 is 2.44 bits per heavy atom. The fourth-order valence-electron chi connectivity index (χ4n) is 0.282. The topological polar surface area (TPSA) is 66.9 Å². The number of carbonyl (C=O) groups is 1. The van der Waals surface area contributed by atoms with Gasteiger partial charge in [-0.3, -0.25) is 4.79 Å². The molecule has 0 spiro atoms. The molecule has 0 radical (unpaired) electrons. The van der Waals surface area contributed by atoms with Gasteiger partial charge in [0, 0.05) is 0 Å². The Bertz CT molecular complexity index is 166. The number of primary amides is 1. The molecule has 0 rings (SSSR count). The molecule has 0 aromatic rings. The van der Waals surface area contributed by atoms with Gasteiger partial charge in [-0.2, -0.15) is 5.26 Å². The molecule has 0 heterocycles. The van der Waals surface area contributed by atoms with Crippen molar-refractivity contribution in [3.8, 4) is 6.07 Å². The first-order chi connectivity index (χ1) is 4.16. The van der Waals surface area contributed by atoms with Crippen molar-refractivity contribution >= 4 is 5.91 Å². The van der Waals surface area contributed by atoms with Crippen LogP contribution in [0.25, 0.3) is 0 Å². The Hall–Kier alpha value is -1.30. The molecule has 0 aromatic carbocycles. The van der Waals surface area contributed by atoms with Gasteiger partial charge in [0.25, 0.3) is 0 Å². The van der Waals surface area contributed by atoms with Crippen LogP contribution < -0.4 is 5.73 Å². The zero-order chi connectivity index (χ0) is 7.28. The monoisotopic (exact) mass is 124 g/mol. The fourth-order valence-corrected chi connectivity index (χ4v) is 0.282. The van der Waals surface area contributed by atoms with Gasteiger partial charge in [-0.25, -0.2) is 0 Å². The van der Waals surface area contributed by atoms with Crippen molar-refractivity contribution in [2.45, 2.75) is 6.92 Å². The molecule has 3 heteroatoms. The summed E-state index contributed by atoms with van der Waals surface area (Å²) in [5, 5.41) is 8.19. The number of nitrogens with zero attached hydrogens (tertiary/aromatic N) is 1. The van der Waals surface area contributed by atoms with E-state index < -0.39 is 5.91 Å². The number of nitrogens with two attached hydrogens (primary N) is 1. The second kappa shape index (κ2) is 3.67. The van der Waals surface area contributed by atoms with Gasteiger partial charge >= 0.3 is 0 Å². The molecular weight excluding hydrogens is 116 g/mol. The van der Waals surface area contributed by atoms with Gasteiger partial charge in [0.2, 0.25) is 5.91 Å². The Labute approximate surface area is 53.8 Å². The minimum Gasteiger partial charge on any atom is -0.366 e. The minimum atomic E-state index is -0.517. The molecular formula is C6H8N2O. The first kappa shape index (κ1) is 7.70. The van der Waals surface area contributed by atoms with Crippen LogP contribution in [0.3, 0.4) is 0 Å². The Kier molecular flexibility index (Phi) is 3.14. The highest BCUT2D eigenvalue weighted by molar-refractivity contribution is 5.85. The summed E-state index contributed by atoms with van der Waals surface area (Å²) >= 11 is 0. The molecule has 2 N–H and O–H groups in total. The van der Waals surface area contributed by atoms with Crippen LogP contribution in [0.1, 0.15) is 6.92 Å². The number of allylic oxidation sites excluding steroid dienone is 1. The predicted octanol–water partition coefficient (Wildman–Crippen LogP) is 0.188. The molecule has 0 aliphatic heterocycles. The lowest BCUT2D eigenvalue weighted by Crippen LogP contribution is -2.05. The van der Waals surface area contributed by atoms with E-state index in [0.29, 0.717) is 0 Å². The molecule has 9 heavy (non-hydrogen) atoms. The van der Waals surface area contributed by atoms with Crippen LogP contribution in [0.5, 0.6) is 0 Å². The molecule has 1 unspecified atom stereocenters. The Morgan fingerprint density at radius 1 is 1.89 bits per heavy atom. The van der Waals surface area contributed by atoms with Crippen molar-refractivity contribution in [3.05, 3.63) is 12.2 Å². The molecule has 0 aromatic heterocycles. The number of carbonyl (C=O) groups excluding carboxylic acids is 1. The Balaban J connectivity index is 3.74. The number of hydrogen-bond donors (Lipinski definition) is 1. The van der Waals surface area contributed by atoms with Crippen molar-refractivity contribution in [3.63, 3.8) is 0 Å². The number of nitriles is 1. The predicted molar refractivity (Wildman–Crippen MR) is 33.1 cm³/mol. The first-order valence-electron chi connectivity index (χ1n) is 2.54. The van der Waals surface area contributed by atoms with Crippen LogP contribution in [0, 0.1) is 17.2 Å². The molecule has 3 nitrogen and oxygen atoms in total. The van der Waals surface area contributed by atoms with Crippen molar-refractivity contribution < 1.29 is 4.79 Å². The molecule has 1 amide bonds. The number of hydrogen-bond acceptors (Lipinski definition) is 2. The maximum Gasteiger partial charge on any atom is 0.241 e. The third kappa shape index (κ3) is 4.56. The zero-order valence-electron chi connectivity index (χ0n) is 5.16. The zero-order valence-corrected chi connectivity index (χ0v) is 5.16. The Morgan fingerprint density at radius 3 is 2.78 bits per heavy atom. The smallest absolute Gasteiger partial charge is 0.241 e. The molecule has 1 atom stereocenters. The van der Waals surface area contributed by atoms with Crippen LogP contribution in [-0.2, 0) is 4.79 Å². The van der Waals surface area contributed by atoms with Crippen molar-refractivity contribution in [2.24, 2.45) is 11.7 Å². The summed E-state index contributed by atoms with van der Waals surface area (Å²) in [5.41, 5.74) is 4.76. The highest BCUT2D eigenvalue weighted by Crippen LogP contribution is 1.91. The van der Waals surface area contributed by atoms with E-state index in [4.69, 9.17) is 11.0 Å². The highest BCUT2D eigenvalue weighted by Gasteiger charge is 1.90. The molecule has 0 aliphatic rings. The maximum atomic E-state index is 10.0. The van der Waals surface area contributed by atoms with Crippen molar-refractivity contribution in [2.75, 3.05) is 0 Å². The van der Waals surface area contributed by atoms with Gasteiger partial charge in [0.15, 0.2) is 0 Å². The molecule has 0 bridgehead atoms. The van der Waals surface area contributed by atoms with E-state index in [1.165, 1.54) is 12.2 Å². The summed E-state index contributed by atoms with van der Waals surface area (Å²) in [7, 11) is 0. The van der Waals surface area contributed by atoms with Gasteiger partial charge < -0.3 is 5.73 Å². The van der Waals surface area contributed by atoms with Crippen LogP contribution in [-0.4, -0.2) is 5.91 Å². The highest BCUT2D eigenvalue weighted by atomic mass is 16.1. The van der Waals surface area contributed by atoms with E-state index in [1.54, 1.807) is 6.92 Å². The van der Waals surface area contributed by atoms with E-state index in [9.17, 15) is 4.79 Å². The van der Waals surface area contributed by atoms with Crippen LogP contribution in [0.2, 0.25) is 0 Å². The lowest BCUT2D eigenvalue weighted by molar-refractivity contribution is -0.113. The maximum absolute atomic E-state index is 10.0. The summed E-state index contributed by atoms with van der Waals surface area (Å²) in [6.45, 7) is 1.68. The molecule has 48 valence electrons. The van der Waals surface area contributed by atoms with E-state index in [2.05, 4.69) is 0 Å². The number of rotatable bonds is 2. The van der Waals surface area contributed by atoms with Gasteiger partial charge in [0.05, 0.1) is 12.0 Å². The van der Waals surface area contributed by atoms with Crippen molar-refractivity contribution in [1.82, 2.24) is 0 Å². The normalized spacial score (nSPS) is 12.9. The van der Waals surface area contributed by atoms with Gasteiger partial charge in [-0.15, -0.1) is 0 Å². The lowest BCUT2D eigenvalue weighted by atomic mass is 10.2. The van der Waals surface area contributed by atoms with E-state index in [-0.39, 0.29) is 5.92 Å². The van der Waals surface area contributed by atoms with E-state index >= 15 is 0 Å². The van der Waals surface area contributed by atoms with E-state index in [1.807, 2.05) is 6.07 Å². The summed E-state index contributed by atoms with van der Waals surface area (Å²) in [4.78, 5) is 10.0. The van der Waals surface area contributed by atoms with Crippen LogP contribution >= 0.6 is 0 Å². The van der Waals surface area contributed by atoms with Gasteiger partial charge in [-0.1, -0.05) is 6.08 Å². The third-order valence-electron chi connectivity index (χ3n) is 0.753. The van der Waals surface area contributed by atoms with Crippen LogP contribution in [0.4, 0.5) is 0 Å². The first-order valence-corrected chi connectivity index (χ1v) is 2.54. The summed E-state index contributed by atoms with van der Waals surface area (Å²) in [5.74, 6) is -0.755. The van der Waals surface area contributed by atoms with E-state index in [0.717, 1.165) is 0 Å². The summed E-state index contributed by atoms with van der Waals surface area (Å²) in [6.07, 6.45) is 2.65. The molecule has 0 saturated carbocycles. The fraction of sp³-hybridized carbons (Fsp3) is 0.333. The van der Waals surface area contributed by atoms with Crippen molar-refractivity contribution in [1.29, 1.82) is 5.26 Å². The minimum absolute atomic E-state index is 0.238. The van der Waals surface area contributed by atoms with Crippen LogP contribution in [0.15, 0.2) is 12.2 Å². The summed E-state index contributed by atoms with van der Waals surface area (Å²) in [6, 6.07) is 1.93. The third-order valence-corrected chi connectivity index (χ3v) is 0.753. The average Bonchev–Trinajstić information content (AvgIpc) is 1.83. The molecule has 0 saturated heterocycles. The summed E-state index contributed by atoms with van der Waals surface area (Å²) < 4.78 is 0. The molecule has 0 fully saturated rings. The second-order valence-corrected chi connectivity index (χ2v) is 1.68. The SMILES string of the molecule is CC(C#N)/C=C/C(N)=O. The second-order valence-electron chi connectivity index (χ2n) is 1.68. The standard InChI is InChI=1S/C6H8N2O/c1-5(4-7)2-3-6(8)9/h2-3,5H,1H3,(H2,8,9)/b3-2+. The van der Waals surface area contributed by atoms with Gasteiger partial charge in [0.1, 0.15) is 0 Å². The number of amides is 1. The van der Waals surface area contributed by atoms with Gasteiger partial charge in [-0.05, 0) is 13.0 Å². The quantitative estimate of drug-likeness (QED) is 0.534. The molecule has 0 aliphatic carbocycles. The largest absolute Gasteiger partial charge is 0.366 e.